The van der Waals surface area contributed by atoms with E-state index in [1.807, 2.05) is 57.5 Å². The average molecular weight is 552 g/mol. The highest BCUT2D eigenvalue weighted by Crippen LogP contribution is 2.28. The molecule has 0 bridgehead atoms. The molecule has 1 aliphatic rings. The standard InChI is InChI=1S/C24H31BrN4O4S/c1-14-20(34-13-27-14)16-7-5-15(6-8-16)11-26-22(32)18-9-17(30)12-29(18)23(33)21(24(2,3)4)28-19(31)10-25/h5-8,13,17-18,21,30H,9-12H2,1-4H3,(H,26,32)(H,28,31)/t17-,18+,21-/m1/s1. The van der Waals surface area contributed by atoms with Gasteiger partial charge in [-0.05, 0) is 23.5 Å². The molecule has 184 valence electrons. The zero-order valence-corrected chi connectivity index (χ0v) is 22.2. The van der Waals surface area contributed by atoms with Gasteiger partial charge in [0.15, 0.2) is 0 Å². The van der Waals surface area contributed by atoms with Crippen LogP contribution in [-0.2, 0) is 20.9 Å². The fraction of sp³-hybridized carbons (Fsp3) is 0.500. The summed E-state index contributed by atoms with van der Waals surface area (Å²) in [6.45, 7) is 7.88. The molecule has 1 saturated heterocycles. The van der Waals surface area contributed by atoms with Gasteiger partial charge in [-0.1, -0.05) is 61.0 Å². The topological polar surface area (TPSA) is 112 Å². The van der Waals surface area contributed by atoms with Crippen molar-refractivity contribution in [1.29, 1.82) is 0 Å². The fourth-order valence-corrected chi connectivity index (χ4v) is 4.95. The average Bonchev–Trinajstić information content (AvgIpc) is 3.40. The number of β-amino-alcohol motifs (C(OH)–C–C–N with tert-alkyl or cyclic N) is 1. The first kappa shape index (κ1) is 26.3. The van der Waals surface area contributed by atoms with Crippen molar-refractivity contribution in [2.24, 2.45) is 5.41 Å². The third kappa shape index (κ3) is 6.22. The summed E-state index contributed by atoms with van der Waals surface area (Å²) in [4.78, 5) is 45.1. The number of aromatic nitrogens is 1. The predicted molar refractivity (Wildman–Crippen MR) is 135 cm³/mol. The van der Waals surface area contributed by atoms with E-state index in [9.17, 15) is 19.5 Å². The minimum absolute atomic E-state index is 0.0522. The Kier molecular flexibility index (Phi) is 8.48. The third-order valence-electron chi connectivity index (χ3n) is 5.83. The molecular formula is C24H31BrN4O4S. The Hall–Kier alpha value is -2.30. The van der Waals surface area contributed by atoms with Gasteiger partial charge in [-0.2, -0.15) is 0 Å². The second-order valence-corrected chi connectivity index (χ2v) is 11.0. The van der Waals surface area contributed by atoms with Gasteiger partial charge in [0.25, 0.3) is 0 Å². The maximum atomic E-state index is 13.4. The van der Waals surface area contributed by atoms with E-state index in [1.165, 1.54) is 4.90 Å². The van der Waals surface area contributed by atoms with Gasteiger partial charge in [-0.15, -0.1) is 11.3 Å². The van der Waals surface area contributed by atoms with Crippen molar-refractivity contribution in [2.75, 3.05) is 11.9 Å². The zero-order chi connectivity index (χ0) is 25.0. The molecular weight excluding hydrogens is 520 g/mol. The van der Waals surface area contributed by atoms with Crippen LogP contribution in [0.4, 0.5) is 0 Å². The summed E-state index contributed by atoms with van der Waals surface area (Å²) < 4.78 is 0. The Morgan fingerprint density at radius 1 is 1.26 bits per heavy atom. The molecule has 10 heteroatoms. The number of amides is 3. The lowest BCUT2D eigenvalue weighted by molar-refractivity contribution is -0.143. The molecule has 3 N–H and O–H groups in total. The minimum atomic E-state index is -0.819. The quantitative estimate of drug-likeness (QED) is 0.459. The number of aryl methyl sites for hydroxylation is 1. The molecule has 8 nitrogen and oxygen atoms in total. The Morgan fingerprint density at radius 3 is 2.50 bits per heavy atom. The molecule has 1 aromatic heterocycles. The van der Waals surface area contributed by atoms with E-state index in [0.29, 0.717) is 6.54 Å². The highest BCUT2D eigenvalue weighted by Gasteiger charge is 2.44. The third-order valence-corrected chi connectivity index (χ3v) is 7.32. The normalized spacial score (nSPS) is 19.1. The van der Waals surface area contributed by atoms with Crippen LogP contribution in [0, 0.1) is 12.3 Å². The van der Waals surface area contributed by atoms with Crippen LogP contribution in [0.15, 0.2) is 29.8 Å². The molecule has 3 atom stereocenters. The number of likely N-dealkylation sites (tertiary alicyclic amines) is 1. The van der Waals surface area contributed by atoms with E-state index >= 15 is 0 Å². The van der Waals surface area contributed by atoms with Crippen LogP contribution in [0.3, 0.4) is 0 Å². The number of thiazole rings is 1. The molecule has 0 spiro atoms. The lowest BCUT2D eigenvalue weighted by Gasteiger charge is -2.35. The number of alkyl halides is 1. The number of aliphatic hydroxyl groups excluding tert-OH is 1. The van der Waals surface area contributed by atoms with Gasteiger partial charge in [0.2, 0.25) is 17.7 Å². The van der Waals surface area contributed by atoms with Gasteiger partial charge in [0.05, 0.1) is 27.5 Å². The van der Waals surface area contributed by atoms with Gasteiger partial charge in [-0.25, -0.2) is 4.98 Å². The lowest BCUT2D eigenvalue weighted by Crippen LogP contribution is -2.57. The Bertz CT molecular complexity index is 1030. The van der Waals surface area contributed by atoms with Crippen molar-refractivity contribution in [3.8, 4) is 10.4 Å². The molecule has 1 aliphatic heterocycles. The predicted octanol–water partition coefficient (Wildman–Crippen LogP) is 2.62. The van der Waals surface area contributed by atoms with Crippen molar-refractivity contribution in [1.82, 2.24) is 20.5 Å². The van der Waals surface area contributed by atoms with Crippen molar-refractivity contribution in [3.63, 3.8) is 0 Å². The monoisotopic (exact) mass is 550 g/mol. The largest absolute Gasteiger partial charge is 0.391 e. The highest BCUT2D eigenvalue weighted by molar-refractivity contribution is 9.09. The SMILES string of the molecule is Cc1ncsc1-c1ccc(CNC(=O)[C@@H]2C[C@@H](O)CN2C(=O)[C@@H](NC(=O)CBr)C(C)(C)C)cc1. The number of benzene rings is 1. The molecule has 34 heavy (non-hydrogen) atoms. The van der Waals surface area contributed by atoms with Gasteiger partial charge in [0, 0.05) is 19.5 Å². The number of hydrogen-bond donors (Lipinski definition) is 3. The Labute approximate surface area is 212 Å². The molecule has 0 radical (unpaired) electrons. The number of halogens is 1. The lowest BCUT2D eigenvalue weighted by atomic mass is 9.85. The summed E-state index contributed by atoms with van der Waals surface area (Å²) >= 11 is 4.69. The van der Waals surface area contributed by atoms with Crippen LogP contribution in [0.2, 0.25) is 0 Å². The first-order valence-corrected chi connectivity index (χ1v) is 13.1. The molecule has 3 amide bonds. The Morgan fingerprint density at radius 2 is 1.94 bits per heavy atom. The second kappa shape index (κ2) is 11.0. The summed E-state index contributed by atoms with van der Waals surface area (Å²) in [6.07, 6.45) is -0.640. The molecule has 1 fully saturated rings. The van der Waals surface area contributed by atoms with Crippen LogP contribution in [0.25, 0.3) is 10.4 Å². The molecule has 0 saturated carbocycles. The molecule has 0 aliphatic carbocycles. The molecule has 2 aromatic rings. The van der Waals surface area contributed by atoms with Crippen LogP contribution >= 0.6 is 27.3 Å². The van der Waals surface area contributed by atoms with Gasteiger partial charge >= 0.3 is 0 Å². The van der Waals surface area contributed by atoms with E-state index in [2.05, 4.69) is 31.5 Å². The molecule has 1 aromatic carbocycles. The first-order chi connectivity index (χ1) is 16.0. The molecule has 2 heterocycles. The number of carbonyl (C=O) groups is 3. The Balaban J connectivity index is 1.67. The summed E-state index contributed by atoms with van der Waals surface area (Å²) in [6, 6.07) is 6.28. The van der Waals surface area contributed by atoms with Gasteiger partial charge in [0.1, 0.15) is 12.1 Å². The van der Waals surface area contributed by atoms with E-state index < -0.39 is 23.6 Å². The van der Waals surface area contributed by atoms with Crippen molar-refractivity contribution in [3.05, 3.63) is 41.0 Å². The number of nitrogens with zero attached hydrogens (tertiary/aromatic N) is 2. The van der Waals surface area contributed by atoms with Gasteiger partial charge < -0.3 is 20.6 Å². The minimum Gasteiger partial charge on any atom is -0.391 e. The highest BCUT2D eigenvalue weighted by atomic mass is 79.9. The number of rotatable bonds is 7. The summed E-state index contributed by atoms with van der Waals surface area (Å²) in [5, 5.41) is 15.9. The van der Waals surface area contributed by atoms with Gasteiger partial charge in [-0.3, -0.25) is 14.4 Å². The van der Waals surface area contributed by atoms with Crippen LogP contribution in [-0.4, -0.2) is 62.8 Å². The van der Waals surface area contributed by atoms with Crippen molar-refractivity contribution >= 4 is 45.0 Å². The zero-order valence-electron chi connectivity index (χ0n) is 19.8. The van der Waals surface area contributed by atoms with Crippen LogP contribution in [0.1, 0.15) is 38.4 Å². The smallest absolute Gasteiger partial charge is 0.246 e. The van der Waals surface area contributed by atoms with Crippen LogP contribution in [0.5, 0.6) is 0 Å². The number of carbonyl (C=O) groups excluding carboxylic acids is 3. The van der Waals surface area contributed by atoms with Crippen molar-refractivity contribution < 1.29 is 19.5 Å². The number of aliphatic hydroxyl groups is 1. The molecule has 0 unspecified atom stereocenters. The second-order valence-electron chi connectivity index (χ2n) is 9.58. The number of hydrogen-bond acceptors (Lipinski definition) is 6. The fourth-order valence-electron chi connectivity index (χ4n) is 3.98. The maximum Gasteiger partial charge on any atom is 0.246 e. The summed E-state index contributed by atoms with van der Waals surface area (Å²) in [5.74, 6) is -1.01. The van der Waals surface area contributed by atoms with Crippen molar-refractivity contribution in [2.45, 2.75) is 58.8 Å². The van der Waals surface area contributed by atoms with Crippen LogP contribution < -0.4 is 10.6 Å². The van der Waals surface area contributed by atoms with E-state index in [-0.39, 0.29) is 36.0 Å². The van der Waals surface area contributed by atoms with E-state index in [4.69, 9.17) is 0 Å². The first-order valence-electron chi connectivity index (χ1n) is 11.1. The molecule has 3 rings (SSSR count). The van der Waals surface area contributed by atoms with E-state index in [0.717, 1.165) is 21.7 Å². The van der Waals surface area contributed by atoms with E-state index in [1.54, 1.807) is 11.3 Å². The number of nitrogens with one attached hydrogen (secondary N) is 2. The maximum absolute atomic E-state index is 13.4. The summed E-state index contributed by atoms with van der Waals surface area (Å²) in [7, 11) is 0. The summed E-state index contributed by atoms with van der Waals surface area (Å²) in [5.41, 5.74) is 4.23.